The Morgan fingerprint density at radius 2 is 2.22 bits per heavy atom. The molecule has 1 aromatic carbocycles. The number of rotatable bonds is 3. The van der Waals surface area contributed by atoms with Crippen LogP contribution in [0.1, 0.15) is 6.92 Å². The number of aromatic nitrogens is 1. The molecule has 0 saturated heterocycles. The summed E-state index contributed by atoms with van der Waals surface area (Å²) in [5.74, 6) is -1.02. The van der Waals surface area contributed by atoms with Crippen LogP contribution in [0.2, 0.25) is 0 Å². The molecular weight excluding hydrogens is 237 g/mol. The molecule has 1 unspecified atom stereocenters. The largest absolute Gasteiger partial charge is 0.467 e. The fourth-order valence-electron chi connectivity index (χ4n) is 1.93. The molecule has 0 spiro atoms. The van der Waals surface area contributed by atoms with E-state index < -0.39 is 11.6 Å². The number of halogens is 1. The Labute approximate surface area is 104 Å². The van der Waals surface area contributed by atoms with Gasteiger partial charge in [-0.3, -0.25) is 0 Å². The summed E-state index contributed by atoms with van der Waals surface area (Å²) < 4.78 is 19.3. The predicted molar refractivity (Wildman–Crippen MR) is 64.5 cm³/mol. The highest BCUT2D eigenvalue weighted by molar-refractivity contribution is 5.81. The molecule has 96 valence electrons. The lowest BCUT2D eigenvalue weighted by molar-refractivity contribution is -0.161. The van der Waals surface area contributed by atoms with Crippen LogP contribution in [0, 0.1) is 5.82 Å². The summed E-state index contributed by atoms with van der Waals surface area (Å²) in [5, 5.41) is 10.7. The molecule has 0 bridgehead atoms. The van der Waals surface area contributed by atoms with Gasteiger partial charge in [-0.05, 0) is 31.2 Å². The minimum absolute atomic E-state index is 0.0504. The van der Waals surface area contributed by atoms with E-state index in [4.69, 9.17) is 0 Å². The van der Waals surface area contributed by atoms with E-state index in [1.165, 1.54) is 26.2 Å². The molecule has 1 heterocycles. The van der Waals surface area contributed by atoms with E-state index in [1.807, 2.05) is 0 Å². The second kappa shape index (κ2) is 4.42. The van der Waals surface area contributed by atoms with E-state index in [0.29, 0.717) is 0 Å². The van der Waals surface area contributed by atoms with Crippen molar-refractivity contribution in [3.05, 3.63) is 36.3 Å². The average Bonchev–Trinajstić information content (AvgIpc) is 2.69. The van der Waals surface area contributed by atoms with Gasteiger partial charge in [-0.15, -0.1) is 0 Å². The van der Waals surface area contributed by atoms with E-state index >= 15 is 0 Å². The molecule has 2 rings (SSSR count). The first kappa shape index (κ1) is 12.6. The van der Waals surface area contributed by atoms with Crippen LogP contribution in [0.4, 0.5) is 4.39 Å². The van der Waals surface area contributed by atoms with Gasteiger partial charge in [0.15, 0.2) is 5.60 Å². The van der Waals surface area contributed by atoms with Crippen LogP contribution in [-0.4, -0.2) is 28.4 Å². The van der Waals surface area contributed by atoms with Crippen molar-refractivity contribution in [2.24, 2.45) is 0 Å². The van der Waals surface area contributed by atoms with Gasteiger partial charge in [0, 0.05) is 17.1 Å². The molecule has 1 atom stereocenters. The minimum Gasteiger partial charge on any atom is -0.467 e. The summed E-state index contributed by atoms with van der Waals surface area (Å²) in [5.41, 5.74) is -0.865. The first-order valence-corrected chi connectivity index (χ1v) is 5.49. The highest BCUT2D eigenvalue weighted by atomic mass is 19.1. The van der Waals surface area contributed by atoms with Crippen molar-refractivity contribution in [1.29, 1.82) is 0 Å². The number of hydrogen-bond donors (Lipinski definition) is 1. The first-order valence-electron chi connectivity index (χ1n) is 5.49. The predicted octanol–water partition coefficient (Wildman–Crippen LogP) is 1.70. The van der Waals surface area contributed by atoms with Crippen LogP contribution in [0.25, 0.3) is 10.9 Å². The minimum atomic E-state index is -1.62. The Kier molecular flexibility index (Phi) is 3.09. The Balaban J connectivity index is 2.35. The number of aliphatic hydroxyl groups is 1. The molecule has 1 N–H and O–H groups in total. The summed E-state index contributed by atoms with van der Waals surface area (Å²) in [6, 6.07) is 6.08. The van der Waals surface area contributed by atoms with Crippen LogP contribution in [0.5, 0.6) is 0 Å². The Morgan fingerprint density at radius 3 is 2.89 bits per heavy atom. The Bertz CT molecular complexity index is 589. The normalized spacial score (nSPS) is 14.4. The quantitative estimate of drug-likeness (QED) is 0.845. The zero-order valence-corrected chi connectivity index (χ0v) is 10.2. The highest BCUT2D eigenvalue weighted by Crippen LogP contribution is 2.20. The topological polar surface area (TPSA) is 51.5 Å². The maximum Gasteiger partial charge on any atom is 0.339 e. The van der Waals surface area contributed by atoms with Crippen LogP contribution in [-0.2, 0) is 16.1 Å². The van der Waals surface area contributed by atoms with Crippen molar-refractivity contribution in [2.45, 2.75) is 19.1 Å². The number of esters is 1. The first-order chi connectivity index (χ1) is 8.44. The summed E-state index contributed by atoms with van der Waals surface area (Å²) in [6.07, 6.45) is 1.70. The zero-order chi connectivity index (χ0) is 13.3. The molecule has 0 amide bonds. The summed E-state index contributed by atoms with van der Waals surface area (Å²) in [4.78, 5) is 11.4. The molecule has 0 aliphatic carbocycles. The average molecular weight is 251 g/mol. The summed E-state index contributed by atoms with van der Waals surface area (Å²) in [7, 11) is 1.22. The molecule has 0 aliphatic rings. The number of hydrogen-bond acceptors (Lipinski definition) is 3. The molecule has 5 heteroatoms. The molecular formula is C13H14FNO3. The van der Waals surface area contributed by atoms with Gasteiger partial charge in [0.25, 0.3) is 0 Å². The number of ether oxygens (including phenoxy) is 1. The van der Waals surface area contributed by atoms with Gasteiger partial charge in [0.1, 0.15) is 5.82 Å². The van der Waals surface area contributed by atoms with E-state index in [2.05, 4.69) is 4.74 Å². The van der Waals surface area contributed by atoms with Crippen molar-refractivity contribution >= 4 is 16.9 Å². The number of benzene rings is 1. The van der Waals surface area contributed by atoms with Crippen molar-refractivity contribution in [3.8, 4) is 0 Å². The number of fused-ring (bicyclic) bond motifs is 1. The van der Waals surface area contributed by atoms with Crippen LogP contribution in [0.15, 0.2) is 30.5 Å². The van der Waals surface area contributed by atoms with E-state index in [9.17, 15) is 14.3 Å². The number of methoxy groups -OCH3 is 1. The van der Waals surface area contributed by atoms with Gasteiger partial charge in [-0.2, -0.15) is 0 Å². The SMILES string of the molecule is COC(=O)C(C)(O)Cn1ccc2cc(F)ccc21. The molecule has 4 nitrogen and oxygen atoms in total. The molecule has 18 heavy (non-hydrogen) atoms. The second-order valence-electron chi connectivity index (χ2n) is 4.41. The van der Waals surface area contributed by atoms with Gasteiger partial charge in [-0.25, -0.2) is 9.18 Å². The van der Waals surface area contributed by atoms with E-state index in [1.54, 1.807) is 22.9 Å². The maximum absolute atomic E-state index is 13.0. The third kappa shape index (κ3) is 2.22. The second-order valence-corrected chi connectivity index (χ2v) is 4.41. The lowest BCUT2D eigenvalue weighted by Gasteiger charge is -2.21. The van der Waals surface area contributed by atoms with E-state index in [-0.39, 0.29) is 12.4 Å². The number of carbonyl (C=O) groups excluding carboxylic acids is 1. The molecule has 2 aromatic rings. The smallest absolute Gasteiger partial charge is 0.339 e. The van der Waals surface area contributed by atoms with Gasteiger partial charge in [0.2, 0.25) is 0 Å². The molecule has 1 aromatic heterocycles. The van der Waals surface area contributed by atoms with Crippen molar-refractivity contribution in [2.75, 3.05) is 7.11 Å². The fourth-order valence-corrected chi connectivity index (χ4v) is 1.93. The van der Waals surface area contributed by atoms with Crippen LogP contribution >= 0.6 is 0 Å². The molecule has 0 fully saturated rings. The van der Waals surface area contributed by atoms with Crippen LogP contribution in [0.3, 0.4) is 0 Å². The maximum atomic E-state index is 13.0. The third-order valence-electron chi connectivity index (χ3n) is 2.84. The molecule has 0 radical (unpaired) electrons. The lowest BCUT2D eigenvalue weighted by atomic mass is 10.1. The van der Waals surface area contributed by atoms with Gasteiger partial charge in [-0.1, -0.05) is 0 Å². The standard InChI is InChI=1S/C13H14FNO3/c1-13(17,12(16)18-2)8-15-6-5-9-7-10(14)3-4-11(9)15/h3-7,17H,8H2,1-2H3. The third-order valence-corrected chi connectivity index (χ3v) is 2.84. The molecule has 0 aliphatic heterocycles. The van der Waals surface area contributed by atoms with E-state index in [0.717, 1.165) is 10.9 Å². The monoisotopic (exact) mass is 251 g/mol. The number of carbonyl (C=O) groups is 1. The fraction of sp³-hybridized carbons (Fsp3) is 0.308. The highest BCUT2D eigenvalue weighted by Gasteiger charge is 2.32. The Hall–Kier alpha value is -1.88. The Morgan fingerprint density at radius 1 is 1.50 bits per heavy atom. The van der Waals surface area contributed by atoms with Gasteiger partial charge >= 0.3 is 5.97 Å². The zero-order valence-electron chi connectivity index (χ0n) is 10.2. The molecule has 0 saturated carbocycles. The van der Waals surface area contributed by atoms with Crippen molar-refractivity contribution in [1.82, 2.24) is 4.57 Å². The van der Waals surface area contributed by atoms with Crippen molar-refractivity contribution in [3.63, 3.8) is 0 Å². The summed E-state index contributed by atoms with van der Waals surface area (Å²) >= 11 is 0. The lowest BCUT2D eigenvalue weighted by Crippen LogP contribution is -2.40. The number of nitrogens with zero attached hydrogens (tertiary/aromatic N) is 1. The van der Waals surface area contributed by atoms with Gasteiger partial charge < -0.3 is 14.4 Å². The van der Waals surface area contributed by atoms with Gasteiger partial charge in [0.05, 0.1) is 13.7 Å². The summed E-state index contributed by atoms with van der Waals surface area (Å²) in [6.45, 7) is 1.43. The van der Waals surface area contributed by atoms with Crippen molar-refractivity contribution < 1.29 is 19.0 Å². The van der Waals surface area contributed by atoms with Crippen LogP contribution < -0.4 is 0 Å².